The van der Waals surface area contributed by atoms with Crippen LogP contribution in [0.5, 0.6) is 0 Å². The molecule has 2 saturated heterocycles. The fourth-order valence-electron chi connectivity index (χ4n) is 5.16. The first-order valence-electron chi connectivity index (χ1n) is 10.6. The zero-order chi connectivity index (χ0) is 17.1. The third-order valence-corrected chi connectivity index (χ3v) is 6.83. The molecule has 0 amide bonds. The lowest BCUT2D eigenvalue weighted by atomic mass is 9.85. The summed E-state index contributed by atoms with van der Waals surface area (Å²) in [6.07, 6.45) is 9.91. The van der Waals surface area contributed by atoms with Gasteiger partial charge in [-0.15, -0.1) is 24.0 Å². The van der Waals surface area contributed by atoms with Gasteiger partial charge in [-0.2, -0.15) is 0 Å². The van der Waals surface area contributed by atoms with Gasteiger partial charge in [0.05, 0.1) is 6.61 Å². The number of ether oxygens (including phenoxy) is 1. The molecule has 0 bridgehead atoms. The van der Waals surface area contributed by atoms with Crippen LogP contribution in [0.1, 0.15) is 44.9 Å². The van der Waals surface area contributed by atoms with Crippen molar-refractivity contribution in [1.82, 2.24) is 15.1 Å². The van der Waals surface area contributed by atoms with Gasteiger partial charge in [-0.3, -0.25) is 9.89 Å². The average molecular weight is 476 g/mol. The molecule has 26 heavy (non-hydrogen) atoms. The molecule has 0 aromatic heterocycles. The van der Waals surface area contributed by atoms with Gasteiger partial charge in [-0.25, -0.2) is 0 Å². The first kappa shape index (κ1) is 20.6. The van der Waals surface area contributed by atoms with Crippen molar-refractivity contribution in [2.45, 2.75) is 51.0 Å². The summed E-state index contributed by atoms with van der Waals surface area (Å²) in [5, 5.41) is 3.78. The van der Waals surface area contributed by atoms with E-state index in [2.05, 4.69) is 20.1 Å². The van der Waals surface area contributed by atoms with Crippen molar-refractivity contribution in [2.75, 3.05) is 53.0 Å². The highest BCUT2D eigenvalue weighted by molar-refractivity contribution is 14.0. The molecule has 0 spiro atoms. The molecular weight excluding hydrogens is 439 g/mol. The van der Waals surface area contributed by atoms with Gasteiger partial charge in [0.25, 0.3) is 0 Å². The van der Waals surface area contributed by atoms with Gasteiger partial charge < -0.3 is 15.0 Å². The zero-order valence-electron chi connectivity index (χ0n) is 16.4. The van der Waals surface area contributed by atoms with E-state index in [1.54, 1.807) is 0 Å². The van der Waals surface area contributed by atoms with Crippen molar-refractivity contribution < 1.29 is 4.74 Å². The monoisotopic (exact) mass is 476 g/mol. The lowest BCUT2D eigenvalue weighted by Gasteiger charge is -2.37. The van der Waals surface area contributed by atoms with E-state index in [1.807, 2.05) is 7.05 Å². The Morgan fingerprint density at radius 1 is 1.08 bits per heavy atom. The van der Waals surface area contributed by atoms with Gasteiger partial charge in [-0.1, -0.05) is 32.1 Å². The Balaban J connectivity index is 0.00000196. The average Bonchev–Trinajstić information content (AvgIpc) is 3.25. The third-order valence-electron chi connectivity index (χ3n) is 6.83. The summed E-state index contributed by atoms with van der Waals surface area (Å²) in [6.45, 7) is 7.68. The van der Waals surface area contributed by atoms with E-state index in [0.29, 0.717) is 6.04 Å². The van der Waals surface area contributed by atoms with E-state index in [1.165, 1.54) is 51.5 Å². The lowest BCUT2D eigenvalue weighted by molar-refractivity contribution is 0.139. The number of halogens is 1. The number of guanidine groups is 1. The van der Waals surface area contributed by atoms with E-state index in [4.69, 9.17) is 4.74 Å². The van der Waals surface area contributed by atoms with Crippen molar-refractivity contribution >= 4 is 29.9 Å². The van der Waals surface area contributed by atoms with Gasteiger partial charge in [0.1, 0.15) is 0 Å². The molecule has 2 heterocycles. The molecule has 0 radical (unpaired) electrons. The molecule has 0 aromatic carbocycles. The SMILES string of the molecule is CN=C(NC1CC1C1CCCCC1)N1CCN(CC2CCOC2)CC1.I. The number of hydrogen-bond acceptors (Lipinski definition) is 3. The quantitative estimate of drug-likeness (QED) is 0.385. The van der Waals surface area contributed by atoms with Crippen LogP contribution in [0, 0.1) is 17.8 Å². The van der Waals surface area contributed by atoms with Crippen LogP contribution >= 0.6 is 24.0 Å². The van der Waals surface area contributed by atoms with E-state index in [-0.39, 0.29) is 24.0 Å². The fraction of sp³-hybridized carbons (Fsp3) is 0.950. The van der Waals surface area contributed by atoms with Crippen LogP contribution < -0.4 is 5.32 Å². The maximum atomic E-state index is 5.52. The van der Waals surface area contributed by atoms with E-state index in [0.717, 1.165) is 63.1 Å². The molecule has 2 aliphatic heterocycles. The van der Waals surface area contributed by atoms with Crippen LogP contribution in [-0.2, 0) is 4.74 Å². The van der Waals surface area contributed by atoms with Crippen LogP contribution in [0.2, 0.25) is 0 Å². The second-order valence-corrected chi connectivity index (χ2v) is 8.61. The largest absolute Gasteiger partial charge is 0.381 e. The summed E-state index contributed by atoms with van der Waals surface area (Å²) in [4.78, 5) is 9.68. The molecule has 1 N–H and O–H groups in total. The Labute approximate surface area is 176 Å². The van der Waals surface area contributed by atoms with Crippen LogP contribution in [0.25, 0.3) is 0 Å². The Hall–Kier alpha value is -0.0800. The zero-order valence-corrected chi connectivity index (χ0v) is 18.7. The molecule has 3 atom stereocenters. The van der Waals surface area contributed by atoms with Crippen molar-refractivity contribution in [2.24, 2.45) is 22.7 Å². The first-order valence-corrected chi connectivity index (χ1v) is 10.6. The summed E-state index contributed by atoms with van der Waals surface area (Å²) >= 11 is 0. The minimum Gasteiger partial charge on any atom is -0.381 e. The smallest absolute Gasteiger partial charge is 0.193 e. The highest BCUT2D eigenvalue weighted by Crippen LogP contribution is 2.44. The van der Waals surface area contributed by atoms with Crippen LogP contribution in [0.3, 0.4) is 0 Å². The first-order chi connectivity index (χ1) is 12.3. The highest BCUT2D eigenvalue weighted by atomic mass is 127. The van der Waals surface area contributed by atoms with Gasteiger partial charge in [0, 0.05) is 52.4 Å². The summed E-state index contributed by atoms with van der Waals surface area (Å²) < 4.78 is 5.52. The van der Waals surface area contributed by atoms with Gasteiger partial charge in [0.2, 0.25) is 0 Å². The maximum absolute atomic E-state index is 5.52. The summed E-state index contributed by atoms with van der Waals surface area (Å²) in [5.74, 6) is 3.80. The van der Waals surface area contributed by atoms with Gasteiger partial charge in [-0.05, 0) is 30.6 Å². The van der Waals surface area contributed by atoms with Gasteiger partial charge in [0.15, 0.2) is 5.96 Å². The topological polar surface area (TPSA) is 40.1 Å². The fourth-order valence-corrected chi connectivity index (χ4v) is 5.16. The normalized spacial score (nSPS) is 33.8. The Kier molecular flexibility index (Phi) is 7.88. The van der Waals surface area contributed by atoms with Crippen molar-refractivity contribution in [3.05, 3.63) is 0 Å². The number of aliphatic imine (C=N–C) groups is 1. The number of nitrogens with one attached hydrogen (secondary N) is 1. The lowest BCUT2D eigenvalue weighted by Crippen LogP contribution is -2.53. The Morgan fingerprint density at radius 3 is 2.50 bits per heavy atom. The van der Waals surface area contributed by atoms with E-state index < -0.39 is 0 Å². The molecular formula is C20H37IN4O. The number of nitrogens with zero attached hydrogens (tertiary/aromatic N) is 3. The maximum Gasteiger partial charge on any atom is 0.193 e. The minimum atomic E-state index is 0. The molecule has 4 aliphatic rings. The molecule has 2 saturated carbocycles. The molecule has 2 aliphatic carbocycles. The van der Waals surface area contributed by atoms with E-state index >= 15 is 0 Å². The minimum absolute atomic E-state index is 0. The molecule has 150 valence electrons. The second kappa shape index (κ2) is 9.92. The van der Waals surface area contributed by atoms with Crippen molar-refractivity contribution in [3.8, 4) is 0 Å². The number of hydrogen-bond donors (Lipinski definition) is 1. The van der Waals surface area contributed by atoms with Crippen LogP contribution in [0.4, 0.5) is 0 Å². The third kappa shape index (κ3) is 5.25. The molecule has 6 heteroatoms. The molecule has 0 aromatic rings. The van der Waals surface area contributed by atoms with Crippen LogP contribution in [-0.4, -0.2) is 74.8 Å². The number of rotatable bonds is 4. The predicted octanol–water partition coefficient (Wildman–Crippen LogP) is 2.80. The predicted molar refractivity (Wildman–Crippen MR) is 117 cm³/mol. The number of piperazine rings is 1. The summed E-state index contributed by atoms with van der Waals surface area (Å²) in [7, 11) is 1.95. The van der Waals surface area contributed by atoms with E-state index in [9.17, 15) is 0 Å². The van der Waals surface area contributed by atoms with Crippen LogP contribution in [0.15, 0.2) is 4.99 Å². The Morgan fingerprint density at radius 2 is 1.85 bits per heavy atom. The summed E-state index contributed by atoms with van der Waals surface area (Å²) in [5.41, 5.74) is 0. The highest BCUT2D eigenvalue weighted by Gasteiger charge is 2.43. The molecule has 4 fully saturated rings. The Bertz CT molecular complexity index is 455. The van der Waals surface area contributed by atoms with Gasteiger partial charge >= 0.3 is 0 Å². The standard InChI is InChI=1S/C20H36N4O.HI/c1-21-20(22-19-13-18(19)17-5-3-2-4-6-17)24-10-8-23(9-11-24)14-16-7-12-25-15-16;/h16-19H,2-15H2,1H3,(H,21,22);1H. The summed E-state index contributed by atoms with van der Waals surface area (Å²) in [6, 6.07) is 0.690. The van der Waals surface area contributed by atoms with Crippen molar-refractivity contribution in [1.29, 1.82) is 0 Å². The second-order valence-electron chi connectivity index (χ2n) is 8.61. The molecule has 5 nitrogen and oxygen atoms in total. The van der Waals surface area contributed by atoms with Crippen molar-refractivity contribution in [3.63, 3.8) is 0 Å². The molecule has 4 rings (SSSR count). The molecule has 3 unspecified atom stereocenters.